The first kappa shape index (κ1) is 18.2. The average Bonchev–Trinajstić information content (AvgIpc) is 3.18. The van der Waals surface area contributed by atoms with Crippen molar-refractivity contribution in [1.82, 2.24) is 4.90 Å². The molecule has 2 unspecified atom stereocenters. The second-order valence-electron chi connectivity index (χ2n) is 8.03. The van der Waals surface area contributed by atoms with Gasteiger partial charge in [0.15, 0.2) is 0 Å². The number of allylic oxidation sites excluding steroid dienone is 2. The van der Waals surface area contributed by atoms with E-state index in [1.165, 1.54) is 12.8 Å². The number of carbonyl (C=O) groups is 1. The van der Waals surface area contributed by atoms with Crippen LogP contribution in [-0.4, -0.2) is 36.1 Å². The van der Waals surface area contributed by atoms with Crippen molar-refractivity contribution in [1.29, 1.82) is 0 Å². The molecule has 1 heterocycles. The lowest BCUT2D eigenvalue weighted by Gasteiger charge is -2.35. The Kier molecular flexibility index (Phi) is 5.95. The maximum atomic E-state index is 13.0. The van der Waals surface area contributed by atoms with Gasteiger partial charge in [-0.1, -0.05) is 42.5 Å². The van der Waals surface area contributed by atoms with Crippen molar-refractivity contribution in [3.63, 3.8) is 0 Å². The lowest BCUT2D eigenvalue weighted by molar-refractivity contribution is -0.150. The summed E-state index contributed by atoms with van der Waals surface area (Å²) >= 11 is 0. The van der Waals surface area contributed by atoms with Crippen LogP contribution in [0, 0.1) is 5.92 Å². The van der Waals surface area contributed by atoms with E-state index in [1.807, 2.05) is 18.2 Å². The van der Waals surface area contributed by atoms with E-state index < -0.39 is 0 Å². The quantitative estimate of drug-likeness (QED) is 0.562. The van der Waals surface area contributed by atoms with E-state index in [0.717, 1.165) is 37.9 Å². The third-order valence-corrected chi connectivity index (χ3v) is 5.66. The van der Waals surface area contributed by atoms with Gasteiger partial charge in [-0.25, -0.2) is 0 Å². The number of rotatable bonds is 6. The Morgan fingerprint density at radius 1 is 1.20 bits per heavy atom. The van der Waals surface area contributed by atoms with Crippen molar-refractivity contribution in [3.05, 3.63) is 48.0 Å². The van der Waals surface area contributed by atoms with Crippen LogP contribution in [0.25, 0.3) is 0 Å². The minimum Gasteiger partial charge on any atom is -0.463 e. The fourth-order valence-electron chi connectivity index (χ4n) is 4.09. The van der Waals surface area contributed by atoms with Gasteiger partial charge >= 0.3 is 5.97 Å². The van der Waals surface area contributed by atoms with E-state index in [1.54, 1.807) is 0 Å². The summed E-state index contributed by atoms with van der Waals surface area (Å²) in [6.07, 6.45) is 10.3. The van der Waals surface area contributed by atoms with Crippen LogP contribution in [0.5, 0.6) is 0 Å². The van der Waals surface area contributed by atoms with Crippen molar-refractivity contribution in [2.45, 2.75) is 57.4 Å². The van der Waals surface area contributed by atoms with Crippen molar-refractivity contribution in [2.75, 3.05) is 19.7 Å². The average molecular weight is 341 g/mol. The zero-order valence-electron chi connectivity index (χ0n) is 15.6. The number of carbonyl (C=O) groups excluding carboxylic acids is 1. The van der Waals surface area contributed by atoms with Crippen LogP contribution in [0.3, 0.4) is 0 Å². The molecule has 0 bridgehead atoms. The molecule has 2 atom stereocenters. The minimum atomic E-state index is -0.188. The number of esters is 1. The summed E-state index contributed by atoms with van der Waals surface area (Å²) in [7, 11) is 0. The van der Waals surface area contributed by atoms with Gasteiger partial charge in [0.05, 0.1) is 5.92 Å². The fraction of sp³-hybridized carbons (Fsp3) is 0.591. The zero-order valence-corrected chi connectivity index (χ0v) is 15.6. The van der Waals surface area contributed by atoms with Gasteiger partial charge in [-0.05, 0) is 70.5 Å². The topological polar surface area (TPSA) is 29.5 Å². The highest BCUT2D eigenvalue weighted by molar-refractivity contribution is 5.79. The number of benzene rings is 1. The molecule has 0 aromatic heterocycles. The second kappa shape index (κ2) is 8.18. The summed E-state index contributed by atoms with van der Waals surface area (Å²) in [4.78, 5) is 15.5. The van der Waals surface area contributed by atoms with Gasteiger partial charge < -0.3 is 4.74 Å². The predicted octanol–water partition coefficient (Wildman–Crippen LogP) is 4.54. The van der Waals surface area contributed by atoms with E-state index in [-0.39, 0.29) is 23.3 Å². The zero-order chi connectivity index (χ0) is 17.7. The minimum absolute atomic E-state index is 0.0741. The van der Waals surface area contributed by atoms with Crippen molar-refractivity contribution < 1.29 is 9.53 Å². The van der Waals surface area contributed by atoms with E-state index in [2.05, 4.69) is 43.0 Å². The molecule has 1 fully saturated rings. The van der Waals surface area contributed by atoms with E-state index in [4.69, 9.17) is 4.74 Å². The molecule has 1 aliphatic carbocycles. The van der Waals surface area contributed by atoms with Crippen LogP contribution >= 0.6 is 0 Å². The molecule has 3 nitrogen and oxygen atoms in total. The molecule has 0 amide bonds. The Balaban J connectivity index is 1.70. The molecule has 136 valence electrons. The Labute approximate surface area is 152 Å². The Bertz CT molecular complexity index is 587. The molecule has 3 rings (SSSR count). The summed E-state index contributed by atoms with van der Waals surface area (Å²) in [6.45, 7) is 7.05. The highest BCUT2D eigenvalue weighted by Crippen LogP contribution is 2.34. The molecule has 3 heteroatoms. The molecule has 1 aromatic carbocycles. The number of hydrogen-bond acceptors (Lipinski definition) is 3. The molecule has 0 saturated carbocycles. The van der Waals surface area contributed by atoms with Crippen molar-refractivity contribution in [2.24, 2.45) is 5.92 Å². The summed E-state index contributed by atoms with van der Waals surface area (Å²) in [5, 5.41) is 0. The summed E-state index contributed by atoms with van der Waals surface area (Å²) in [5.41, 5.74) is 0.985. The molecule has 1 aliphatic heterocycles. The standard InChI is InChI=1S/C22H31NO2/c1-22(2,23-15-9-10-16-23)17-25-21(24)20(18-11-5-3-6-12-18)19-13-7-4-8-14-19/h3,5-7,11-13,19-20H,4,8-10,14-17H2,1-2H3. The van der Waals surface area contributed by atoms with Crippen LogP contribution in [0.2, 0.25) is 0 Å². The third-order valence-electron chi connectivity index (χ3n) is 5.66. The van der Waals surface area contributed by atoms with Crippen LogP contribution in [0.15, 0.2) is 42.5 Å². The lowest BCUT2D eigenvalue weighted by Crippen LogP contribution is -2.46. The molecular weight excluding hydrogens is 310 g/mol. The largest absolute Gasteiger partial charge is 0.463 e. The molecule has 25 heavy (non-hydrogen) atoms. The van der Waals surface area contributed by atoms with Crippen molar-refractivity contribution >= 4 is 5.97 Å². The lowest BCUT2D eigenvalue weighted by atomic mass is 9.80. The van der Waals surface area contributed by atoms with Gasteiger partial charge in [0.25, 0.3) is 0 Å². The molecule has 2 aliphatic rings. The second-order valence-corrected chi connectivity index (χ2v) is 8.03. The fourth-order valence-corrected chi connectivity index (χ4v) is 4.09. The molecule has 0 N–H and O–H groups in total. The number of ether oxygens (including phenoxy) is 1. The highest BCUT2D eigenvalue weighted by atomic mass is 16.5. The van der Waals surface area contributed by atoms with Crippen LogP contribution in [0.1, 0.15) is 57.4 Å². The summed E-state index contributed by atoms with van der Waals surface area (Å²) in [5.74, 6) is -0.0132. The monoisotopic (exact) mass is 341 g/mol. The summed E-state index contributed by atoms with van der Waals surface area (Å²) < 4.78 is 5.87. The van der Waals surface area contributed by atoms with Crippen LogP contribution in [0.4, 0.5) is 0 Å². The predicted molar refractivity (Wildman–Crippen MR) is 102 cm³/mol. The van der Waals surface area contributed by atoms with Gasteiger partial charge in [-0.3, -0.25) is 9.69 Å². The number of nitrogens with zero attached hydrogens (tertiary/aromatic N) is 1. The van der Waals surface area contributed by atoms with E-state index >= 15 is 0 Å². The Morgan fingerprint density at radius 3 is 2.56 bits per heavy atom. The molecule has 1 aromatic rings. The molecule has 0 spiro atoms. The summed E-state index contributed by atoms with van der Waals surface area (Å²) in [6, 6.07) is 10.1. The first-order valence-electron chi connectivity index (χ1n) is 9.71. The van der Waals surface area contributed by atoms with Crippen LogP contribution in [-0.2, 0) is 9.53 Å². The van der Waals surface area contributed by atoms with Gasteiger partial charge in [0, 0.05) is 5.54 Å². The van der Waals surface area contributed by atoms with E-state index in [0.29, 0.717) is 6.61 Å². The first-order chi connectivity index (χ1) is 12.1. The van der Waals surface area contributed by atoms with Crippen molar-refractivity contribution in [3.8, 4) is 0 Å². The Hall–Kier alpha value is -1.61. The maximum absolute atomic E-state index is 13.0. The first-order valence-corrected chi connectivity index (χ1v) is 9.71. The Morgan fingerprint density at radius 2 is 1.92 bits per heavy atom. The normalized spacial score (nSPS) is 22.7. The molecule has 0 radical (unpaired) electrons. The molecular formula is C22H31NO2. The maximum Gasteiger partial charge on any atom is 0.314 e. The smallest absolute Gasteiger partial charge is 0.314 e. The van der Waals surface area contributed by atoms with Gasteiger partial charge in [-0.15, -0.1) is 0 Å². The van der Waals surface area contributed by atoms with Crippen LogP contribution < -0.4 is 0 Å². The highest BCUT2D eigenvalue weighted by Gasteiger charge is 2.34. The van der Waals surface area contributed by atoms with Gasteiger partial charge in [-0.2, -0.15) is 0 Å². The third kappa shape index (κ3) is 4.52. The number of hydrogen-bond donors (Lipinski definition) is 0. The van der Waals surface area contributed by atoms with E-state index in [9.17, 15) is 4.79 Å². The van der Waals surface area contributed by atoms with Gasteiger partial charge in [0.1, 0.15) is 6.61 Å². The molecule has 1 saturated heterocycles. The SMILES string of the molecule is CC(C)(COC(=O)C(c1ccccc1)C1C=CCCC1)N1CCCC1. The van der Waals surface area contributed by atoms with Gasteiger partial charge in [0.2, 0.25) is 0 Å². The number of likely N-dealkylation sites (tertiary alicyclic amines) is 1.